The molecule has 5 nitrogen and oxygen atoms in total. The molecule has 2 rings (SSSR count). The third-order valence-corrected chi connectivity index (χ3v) is 3.11. The molecule has 0 saturated heterocycles. The number of amides is 1. The highest BCUT2D eigenvalue weighted by Gasteiger charge is 2.17. The Kier molecular flexibility index (Phi) is 3.52. The minimum absolute atomic E-state index is 0.161. The Morgan fingerprint density at radius 1 is 1.10 bits per heavy atom. The summed E-state index contributed by atoms with van der Waals surface area (Å²) < 4.78 is 0. The number of hydrogen-bond acceptors (Lipinski definition) is 4. The number of anilines is 2. The van der Waals surface area contributed by atoms with Crippen molar-refractivity contribution in [3.63, 3.8) is 0 Å². The first-order valence-electron chi connectivity index (χ1n) is 6.09. The van der Waals surface area contributed by atoms with Crippen molar-refractivity contribution < 1.29 is 15.0 Å². The Bertz CT molecular complexity index is 661. The van der Waals surface area contributed by atoms with Crippen LogP contribution in [0, 0.1) is 13.8 Å². The Morgan fingerprint density at radius 3 is 2.30 bits per heavy atom. The van der Waals surface area contributed by atoms with Gasteiger partial charge in [0, 0.05) is 11.4 Å². The van der Waals surface area contributed by atoms with Gasteiger partial charge in [0.15, 0.2) is 0 Å². The molecule has 2 aromatic rings. The molecule has 0 aromatic heterocycles. The number of aromatic hydroxyl groups is 2. The van der Waals surface area contributed by atoms with Gasteiger partial charge >= 0.3 is 0 Å². The first-order valence-corrected chi connectivity index (χ1v) is 6.09. The van der Waals surface area contributed by atoms with E-state index in [0.717, 1.165) is 11.1 Å². The van der Waals surface area contributed by atoms with Crippen LogP contribution in [0.4, 0.5) is 11.4 Å². The molecule has 0 heterocycles. The predicted molar refractivity (Wildman–Crippen MR) is 78.1 cm³/mol. The maximum atomic E-state index is 12.1. The summed E-state index contributed by atoms with van der Waals surface area (Å²) in [4.78, 5) is 12.1. The largest absolute Gasteiger partial charge is 0.507 e. The lowest BCUT2D eigenvalue weighted by Gasteiger charge is -2.12. The van der Waals surface area contributed by atoms with Gasteiger partial charge in [0.05, 0.1) is 0 Å². The molecule has 0 spiro atoms. The Labute approximate surface area is 116 Å². The number of carbonyl (C=O) groups excluding carboxylic acids is 1. The zero-order valence-electron chi connectivity index (χ0n) is 11.3. The van der Waals surface area contributed by atoms with Crippen LogP contribution in [0.1, 0.15) is 21.5 Å². The lowest BCUT2D eigenvalue weighted by Crippen LogP contribution is -2.13. The van der Waals surface area contributed by atoms with Crippen LogP contribution in [0.2, 0.25) is 0 Å². The van der Waals surface area contributed by atoms with Crippen molar-refractivity contribution in [2.75, 3.05) is 11.1 Å². The van der Waals surface area contributed by atoms with Crippen LogP contribution in [0.15, 0.2) is 30.3 Å². The fourth-order valence-corrected chi connectivity index (χ4v) is 1.95. The zero-order chi connectivity index (χ0) is 14.9. The topological polar surface area (TPSA) is 95.6 Å². The first-order chi connectivity index (χ1) is 9.40. The van der Waals surface area contributed by atoms with E-state index in [0.29, 0.717) is 11.4 Å². The summed E-state index contributed by atoms with van der Waals surface area (Å²) in [6.45, 7) is 3.72. The van der Waals surface area contributed by atoms with Gasteiger partial charge < -0.3 is 21.3 Å². The Morgan fingerprint density at radius 2 is 1.70 bits per heavy atom. The number of hydrogen-bond donors (Lipinski definition) is 4. The van der Waals surface area contributed by atoms with Crippen LogP contribution < -0.4 is 11.1 Å². The molecule has 5 heteroatoms. The highest BCUT2D eigenvalue weighted by atomic mass is 16.3. The minimum atomic E-state index is -0.591. The van der Waals surface area contributed by atoms with E-state index >= 15 is 0 Å². The fraction of sp³-hybridized carbons (Fsp3) is 0.133. The average Bonchev–Trinajstić information content (AvgIpc) is 2.35. The van der Waals surface area contributed by atoms with E-state index in [9.17, 15) is 15.0 Å². The maximum Gasteiger partial charge on any atom is 0.263 e. The highest BCUT2D eigenvalue weighted by Crippen LogP contribution is 2.28. The maximum absolute atomic E-state index is 12.1. The number of phenolic OH excluding ortho intramolecular Hbond substituents is 2. The predicted octanol–water partition coefficient (Wildman–Crippen LogP) is 2.55. The van der Waals surface area contributed by atoms with E-state index in [4.69, 9.17) is 5.73 Å². The molecule has 2 aromatic carbocycles. The lowest BCUT2D eigenvalue weighted by molar-refractivity contribution is 0.102. The van der Waals surface area contributed by atoms with Gasteiger partial charge in [-0.15, -0.1) is 0 Å². The summed E-state index contributed by atoms with van der Waals surface area (Å²) in [6.07, 6.45) is 0. The van der Waals surface area contributed by atoms with Gasteiger partial charge in [-0.3, -0.25) is 4.79 Å². The molecule has 0 aliphatic heterocycles. The van der Waals surface area contributed by atoms with Gasteiger partial charge in [-0.1, -0.05) is 12.1 Å². The molecule has 0 bridgehead atoms. The number of nitrogens with one attached hydrogen (secondary N) is 1. The summed E-state index contributed by atoms with van der Waals surface area (Å²) in [5, 5.41) is 22.0. The van der Waals surface area contributed by atoms with Crippen LogP contribution in [-0.4, -0.2) is 16.1 Å². The molecule has 5 N–H and O–H groups in total. The highest BCUT2D eigenvalue weighted by molar-refractivity contribution is 6.08. The second kappa shape index (κ2) is 5.13. The summed E-state index contributed by atoms with van der Waals surface area (Å²) in [6, 6.07) is 7.64. The van der Waals surface area contributed by atoms with Gasteiger partial charge in [0.1, 0.15) is 17.1 Å². The van der Waals surface area contributed by atoms with Crippen molar-refractivity contribution in [3.05, 3.63) is 47.0 Å². The Hall–Kier alpha value is -2.69. The normalized spacial score (nSPS) is 10.3. The molecule has 0 aliphatic carbocycles. The SMILES string of the molecule is Cc1cc(C)c(NC(=O)c2c(O)cccc2O)cc1N. The molecule has 104 valence electrons. The minimum Gasteiger partial charge on any atom is -0.507 e. The van der Waals surface area contributed by atoms with E-state index < -0.39 is 5.91 Å². The zero-order valence-corrected chi connectivity index (χ0v) is 11.3. The summed E-state index contributed by atoms with van der Waals surface area (Å²) in [5.74, 6) is -1.15. The van der Waals surface area contributed by atoms with Crippen molar-refractivity contribution in [1.82, 2.24) is 0 Å². The molecule has 0 aliphatic rings. The molecule has 0 atom stereocenters. The number of carbonyl (C=O) groups is 1. The summed E-state index contributed by atoms with van der Waals surface area (Å²) in [5.41, 5.74) is 8.53. The number of aryl methyl sites for hydroxylation is 2. The van der Waals surface area contributed by atoms with Gasteiger partial charge in [0.25, 0.3) is 5.91 Å². The molecular formula is C15H16N2O3. The first kappa shape index (κ1) is 13.7. The summed E-state index contributed by atoms with van der Waals surface area (Å²) >= 11 is 0. The average molecular weight is 272 g/mol. The molecular weight excluding hydrogens is 256 g/mol. The van der Waals surface area contributed by atoms with Crippen LogP contribution >= 0.6 is 0 Å². The van der Waals surface area contributed by atoms with Crippen LogP contribution in [0.3, 0.4) is 0 Å². The third-order valence-electron chi connectivity index (χ3n) is 3.11. The fourth-order valence-electron chi connectivity index (χ4n) is 1.95. The molecule has 20 heavy (non-hydrogen) atoms. The molecule has 1 amide bonds. The second-order valence-electron chi connectivity index (χ2n) is 4.65. The third kappa shape index (κ3) is 2.51. The Balaban J connectivity index is 2.35. The van der Waals surface area contributed by atoms with E-state index in [1.54, 1.807) is 6.07 Å². The number of benzene rings is 2. The van der Waals surface area contributed by atoms with E-state index in [1.165, 1.54) is 18.2 Å². The quantitative estimate of drug-likeness (QED) is 0.632. The smallest absolute Gasteiger partial charge is 0.263 e. The van der Waals surface area contributed by atoms with Crippen molar-refractivity contribution in [3.8, 4) is 11.5 Å². The van der Waals surface area contributed by atoms with Crippen molar-refractivity contribution in [1.29, 1.82) is 0 Å². The van der Waals surface area contributed by atoms with Crippen molar-refractivity contribution in [2.24, 2.45) is 0 Å². The lowest BCUT2D eigenvalue weighted by atomic mass is 10.1. The molecule has 0 saturated carbocycles. The van der Waals surface area contributed by atoms with Gasteiger partial charge in [-0.2, -0.15) is 0 Å². The van der Waals surface area contributed by atoms with Gasteiger partial charge in [-0.05, 0) is 43.2 Å². The second-order valence-corrected chi connectivity index (χ2v) is 4.65. The molecule has 0 radical (unpaired) electrons. The van der Waals surface area contributed by atoms with Crippen molar-refractivity contribution in [2.45, 2.75) is 13.8 Å². The van der Waals surface area contributed by atoms with Crippen LogP contribution in [0.25, 0.3) is 0 Å². The molecule has 0 unspecified atom stereocenters. The van der Waals surface area contributed by atoms with E-state index in [1.807, 2.05) is 19.9 Å². The van der Waals surface area contributed by atoms with Crippen molar-refractivity contribution >= 4 is 17.3 Å². The summed E-state index contributed by atoms with van der Waals surface area (Å²) in [7, 11) is 0. The van der Waals surface area contributed by atoms with E-state index in [2.05, 4.69) is 5.32 Å². The number of rotatable bonds is 2. The number of phenols is 2. The van der Waals surface area contributed by atoms with E-state index in [-0.39, 0.29) is 17.1 Å². The number of nitrogen functional groups attached to an aromatic ring is 1. The van der Waals surface area contributed by atoms with Crippen LogP contribution in [0.5, 0.6) is 11.5 Å². The molecule has 0 fully saturated rings. The standard InChI is InChI=1S/C15H16N2O3/c1-8-6-9(2)11(7-10(8)16)17-15(20)14-12(18)4-3-5-13(14)19/h3-7,18-19H,16H2,1-2H3,(H,17,20). The van der Waals surface area contributed by atoms with Gasteiger partial charge in [0.2, 0.25) is 0 Å². The van der Waals surface area contributed by atoms with Gasteiger partial charge in [-0.25, -0.2) is 0 Å². The van der Waals surface area contributed by atoms with Crippen LogP contribution in [-0.2, 0) is 0 Å². The monoisotopic (exact) mass is 272 g/mol. The number of nitrogens with two attached hydrogens (primary N) is 1.